The van der Waals surface area contributed by atoms with Crippen molar-refractivity contribution in [2.45, 2.75) is 374 Å². The molecule has 0 aromatic carbocycles. The molecule has 0 spiro atoms. The van der Waals surface area contributed by atoms with Crippen LogP contribution in [-0.2, 0) is 65.4 Å². The van der Waals surface area contributed by atoms with Crippen LogP contribution in [0.15, 0.2) is 0 Å². The molecule has 0 rings (SSSR count). The second-order valence-electron chi connectivity index (χ2n) is 26.0. The Kier molecular flexibility index (Phi) is 60.8. The minimum Gasteiger partial charge on any atom is -0.462 e. The van der Waals surface area contributed by atoms with Crippen molar-refractivity contribution in [1.29, 1.82) is 0 Å². The van der Waals surface area contributed by atoms with E-state index in [9.17, 15) is 43.2 Å². The number of aliphatic hydroxyl groups is 1. The summed E-state index contributed by atoms with van der Waals surface area (Å²) in [5.74, 6) is -0.538. The standard InChI is InChI=1S/C70H136O17P2/c1-7-10-12-14-16-18-21-30-36-42-48-54-69(74)86-65(58-80-67(72)52-46-40-34-26-17-15-13-11-8-2)60-84-88(76,77)82-56-64(71)57-83-89(78,79)85-61-66(59-81-68(73)53-47-41-35-29-25-24-28-33-39-45-51-63(6)9-3)87-70(75)55-49-43-37-31-23-20-19-22-27-32-38-44-50-62(4)5/h62-66,71H,7-61H2,1-6H3,(H,76,77)(H,78,79)/t63?,64-,65+,66+/m0/s1. The molecule has 0 aromatic rings. The fourth-order valence-electron chi connectivity index (χ4n) is 10.6. The number of carbonyl (C=O) groups is 4. The van der Waals surface area contributed by atoms with E-state index in [0.29, 0.717) is 25.7 Å². The van der Waals surface area contributed by atoms with Crippen molar-refractivity contribution in [2.24, 2.45) is 11.8 Å². The molecule has 0 saturated carbocycles. The average Bonchev–Trinajstić information content (AvgIpc) is 3.72. The lowest BCUT2D eigenvalue weighted by Gasteiger charge is -2.21. The summed E-state index contributed by atoms with van der Waals surface area (Å²) in [7, 11) is -9.90. The van der Waals surface area contributed by atoms with Gasteiger partial charge >= 0.3 is 39.5 Å². The van der Waals surface area contributed by atoms with E-state index in [0.717, 1.165) is 102 Å². The molecule has 0 saturated heterocycles. The van der Waals surface area contributed by atoms with Gasteiger partial charge in [-0.1, -0.05) is 305 Å². The lowest BCUT2D eigenvalue weighted by molar-refractivity contribution is -0.161. The van der Waals surface area contributed by atoms with Crippen molar-refractivity contribution < 1.29 is 80.2 Å². The summed E-state index contributed by atoms with van der Waals surface area (Å²) in [4.78, 5) is 72.5. The van der Waals surface area contributed by atoms with E-state index in [1.807, 2.05) is 0 Å². The van der Waals surface area contributed by atoms with Gasteiger partial charge in [-0.3, -0.25) is 37.3 Å². The van der Waals surface area contributed by atoms with Crippen molar-refractivity contribution in [1.82, 2.24) is 0 Å². The van der Waals surface area contributed by atoms with Crippen molar-refractivity contribution in [3.63, 3.8) is 0 Å². The molecule has 6 atom stereocenters. The molecule has 0 aliphatic rings. The summed E-state index contributed by atoms with van der Waals surface area (Å²) in [6.45, 7) is 9.57. The van der Waals surface area contributed by atoms with Gasteiger partial charge in [0.1, 0.15) is 19.3 Å². The van der Waals surface area contributed by atoms with Crippen molar-refractivity contribution >= 4 is 39.5 Å². The number of aliphatic hydroxyl groups excluding tert-OH is 1. The monoisotopic (exact) mass is 1310 g/mol. The van der Waals surface area contributed by atoms with Gasteiger partial charge in [-0.05, 0) is 37.5 Å². The highest BCUT2D eigenvalue weighted by Crippen LogP contribution is 2.45. The molecule has 0 aromatic heterocycles. The molecule has 3 unspecified atom stereocenters. The second-order valence-corrected chi connectivity index (χ2v) is 28.9. The zero-order valence-electron chi connectivity index (χ0n) is 57.7. The van der Waals surface area contributed by atoms with Gasteiger partial charge in [0.2, 0.25) is 0 Å². The van der Waals surface area contributed by atoms with E-state index < -0.39 is 97.5 Å². The number of hydrogen-bond acceptors (Lipinski definition) is 15. The molecule has 3 N–H and O–H groups in total. The minimum atomic E-state index is -4.95. The summed E-state index contributed by atoms with van der Waals surface area (Å²) in [5, 5.41) is 10.6. The predicted octanol–water partition coefficient (Wildman–Crippen LogP) is 20.0. The van der Waals surface area contributed by atoms with E-state index in [1.165, 1.54) is 173 Å². The van der Waals surface area contributed by atoms with E-state index >= 15 is 0 Å². The SMILES string of the molecule is CCCCCCCCCCCCCC(=O)O[C@H](COC(=O)CCCCCCCCCCC)COP(=O)(O)OC[C@H](O)COP(=O)(O)OC[C@@H](COC(=O)CCCCCCCCCCCCC(C)CC)OC(=O)CCCCCCCCCCCCCCC(C)C. The van der Waals surface area contributed by atoms with Crippen LogP contribution in [0, 0.1) is 11.8 Å². The first-order valence-electron chi connectivity index (χ1n) is 36.5. The van der Waals surface area contributed by atoms with Gasteiger partial charge < -0.3 is 33.8 Å². The topological polar surface area (TPSA) is 237 Å². The molecule has 0 heterocycles. The van der Waals surface area contributed by atoms with Crippen LogP contribution in [0.5, 0.6) is 0 Å². The van der Waals surface area contributed by atoms with Gasteiger partial charge in [0.15, 0.2) is 12.2 Å². The molecule has 0 amide bonds. The molecule has 528 valence electrons. The quantitative estimate of drug-likeness (QED) is 0.0222. The predicted molar refractivity (Wildman–Crippen MR) is 358 cm³/mol. The summed E-state index contributed by atoms with van der Waals surface area (Å²) in [6, 6.07) is 0. The molecule has 0 fully saturated rings. The smallest absolute Gasteiger partial charge is 0.462 e. The van der Waals surface area contributed by atoms with Gasteiger partial charge in [-0.2, -0.15) is 0 Å². The number of rotatable bonds is 69. The van der Waals surface area contributed by atoms with Crippen LogP contribution in [0.2, 0.25) is 0 Å². The van der Waals surface area contributed by atoms with Crippen molar-refractivity contribution in [3.05, 3.63) is 0 Å². The summed E-state index contributed by atoms with van der Waals surface area (Å²) in [6.07, 6.45) is 47.0. The van der Waals surface area contributed by atoms with Crippen LogP contribution in [0.1, 0.15) is 356 Å². The third-order valence-corrected chi connectivity index (χ3v) is 18.5. The van der Waals surface area contributed by atoms with Crippen LogP contribution in [0.25, 0.3) is 0 Å². The third-order valence-electron chi connectivity index (χ3n) is 16.6. The Morgan fingerprint density at radius 1 is 0.326 bits per heavy atom. The molecule has 0 aliphatic heterocycles. The lowest BCUT2D eigenvalue weighted by atomic mass is 9.99. The van der Waals surface area contributed by atoms with Crippen molar-refractivity contribution in [2.75, 3.05) is 39.6 Å². The first kappa shape index (κ1) is 87.1. The zero-order chi connectivity index (χ0) is 65.7. The number of esters is 4. The highest BCUT2D eigenvalue weighted by Gasteiger charge is 2.30. The maximum absolute atomic E-state index is 13.0. The molecular weight excluding hydrogens is 1170 g/mol. The third kappa shape index (κ3) is 63.2. The number of phosphoric acid groups is 2. The van der Waals surface area contributed by atoms with Crippen LogP contribution >= 0.6 is 15.6 Å². The van der Waals surface area contributed by atoms with Gasteiger partial charge in [0, 0.05) is 25.7 Å². The van der Waals surface area contributed by atoms with E-state index in [1.54, 1.807) is 0 Å². The van der Waals surface area contributed by atoms with E-state index in [4.69, 9.17) is 37.0 Å². The number of ether oxygens (including phenoxy) is 4. The number of phosphoric ester groups is 2. The van der Waals surface area contributed by atoms with Crippen LogP contribution in [0.3, 0.4) is 0 Å². The van der Waals surface area contributed by atoms with Crippen LogP contribution in [0.4, 0.5) is 0 Å². The first-order chi connectivity index (χ1) is 42.9. The maximum Gasteiger partial charge on any atom is 0.472 e. The highest BCUT2D eigenvalue weighted by molar-refractivity contribution is 7.47. The van der Waals surface area contributed by atoms with Gasteiger partial charge in [-0.15, -0.1) is 0 Å². The van der Waals surface area contributed by atoms with E-state index in [-0.39, 0.29) is 25.7 Å². The van der Waals surface area contributed by atoms with Gasteiger partial charge in [0.25, 0.3) is 0 Å². The Morgan fingerprint density at radius 2 is 0.573 bits per heavy atom. The molecule has 17 nitrogen and oxygen atoms in total. The largest absolute Gasteiger partial charge is 0.472 e. The maximum atomic E-state index is 13.0. The lowest BCUT2D eigenvalue weighted by Crippen LogP contribution is -2.30. The molecule has 0 radical (unpaired) electrons. The van der Waals surface area contributed by atoms with Crippen LogP contribution in [-0.4, -0.2) is 96.7 Å². The average molecular weight is 1310 g/mol. The second kappa shape index (κ2) is 62.2. The molecule has 0 aliphatic carbocycles. The Labute approximate surface area is 543 Å². The molecule has 19 heteroatoms. The minimum absolute atomic E-state index is 0.107. The first-order valence-corrected chi connectivity index (χ1v) is 39.5. The van der Waals surface area contributed by atoms with Gasteiger partial charge in [-0.25, -0.2) is 9.13 Å². The summed E-state index contributed by atoms with van der Waals surface area (Å²) in [5.41, 5.74) is 0. The number of unbranched alkanes of at least 4 members (excludes halogenated alkanes) is 38. The number of carbonyl (C=O) groups excluding carboxylic acids is 4. The normalized spacial score (nSPS) is 14.4. The molecular formula is C70H136O17P2. The Balaban J connectivity index is 5.24. The zero-order valence-corrected chi connectivity index (χ0v) is 59.5. The Morgan fingerprint density at radius 3 is 0.854 bits per heavy atom. The van der Waals surface area contributed by atoms with Gasteiger partial charge in [0.05, 0.1) is 26.4 Å². The van der Waals surface area contributed by atoms with Crippen LogP contribution < -0.4 is 0 Å². The molecule has 89 heavy (non-hydrogen) atoms. The fraction of sp³-hybridized carbons (Fsp3) is 0.943. The Bertz CT molecular complexity index is 1740. The van der Waals surface area contributed by atoms with E-state index in [2.05, 4.69) is 41.5 Å². The van der Waals surface area contributed by atoms with Crippen molar-refractivity contribution in [3.8, 4) is 0 Å². The number of hydrogen-bond donors (Lipinski definition) is 3. The molecule has 0 bridgehead atoms. The summed E-state index contributed by atoms with van der Waals surface area (Å²) < 4.78 is 68.3. The highest BCUT2D eigenvalue weighted by atomic mass is 31.2. The fourth-order valence-corrected chi connectivity index (χ4v) is 12.1. The summed E-state index contributed by atoms with van der Waals surface area (Å²) >= 11 is 0. The Hall–Kier alpha value is -1.94.